The number of carbonyl (C=O) groups excluding carboxylic acids is 2. The van der Waals surface area contributed by atoms with Crippen molar-refractivity contribution in [2.24, 2.45) is 0 Å². The summed E-state index contributed by atoms with van der Waals surface area (Å²) in [6, 6.07) is 11.5. The molecule has 0 bridgehead atoms. The van der Waals surface area contributed by atoms with Crippen molar-refractivity contribution in [1.82, 2.24) is 4.98 Å². The lowest BCUT2D eigenvalue weighted by molar-refractivity contribution is -0.116. The first kappa shape index (κ1) is 20.5. The Morgan fingerprint density at radius 3 is 2.70 bits per heavy atom. The molecule has 1 aromatic heterocycles. The van der Waals surface area contributed by atoms with E-state index in [0.29, 0.717) is 5.56 Å². The Morgan fingerprint density at radius 2 is 1.90 bits per heavy atom. The summed E-state index contributed by atoms with van der Waals surface area (Å²) >= 11 is 1.62. The second-order valence-corrected chi connectivity index (χ2v) is 8.58. The molecule has 0 atom stereocenters. The van der Waals surface area contributed by atoms with Gasteiger partial charge in [-0.1, -0.05) is 29.0 Å². The van der Waals surface area contributed by atoms with Crippen LogP contribution in [0.25, 0.3) is 10.2 Å². The minimum atomic E-state index is -0.161. The van der Waals surface area contributed by atoms with Crippen LogP contribution in [0.3, 0.4) is 0 Å². The number of thiazole rings is 1. The number of nitrogens with one attached hydrogen (secondary N) is 1. The summed E-state index contributed by atoms with van der Waals surface area (Å²) in [5.41, 5.74) is 4.33. The monoisotopic (exact) mass is 423 g/mol. The molecule has 4 rings (SSSR count). The van der Waals surface area contributed by atoms with E-state index in [9.17, 15) is 9.59 Å². The van der Waals surface area contributed by atoms with Crippen LogP contribution >= 0.6 is 11.3 Å². The summed E-state index contributed by atoms with van der Waals surface area (Å²) in [6.07, 6.45) is 0.353. The predicted octanol–water partition coefficient (Wildman–Crippen LogP) is 4.35. The average molecular weight is 424 g/mol. The second kappa shape index (κ2) is 8.93. The largest absolute Gasteiger partial charge is 0.378 e. The minimum Gasteiger partial charge on any atom is -0.378 e. The third-order valence-corrected chi connectivity index (χ3v) is 6.29. The topological polar surface area (TPSA) is 71.5 Å². The van der Waals surface area contributed by atoms with Gasteiger partial charge in [-0.25, -0.2) is 4.98 Å². The fourth-order valence-corrected chi connectivity index (χ4v) is 4.56. The maximum Gasteiger partial charge on any atom is 0.224 e. The van der Waals surface area contributed by atoms with Crippen LogP contribution in [0.15, 0.2) is 36.4 Å². The summed E-state index contributed by atoms with van der Waals surface area (Å²) in [5.74, 6) is -0.162. The third-order valence-electron chi connectivity index (χ3n) is 5.22. The molecule has 0 radical (unpaired) electrons. The van der Waals surface area contributed by atoms with Gasteiger partial charge in [0.2, 0.25) is 5.91 Å². The molecule has 0 aliphatic carbocycles. The molecule has 2 aromatic carbocycles. The first-order valence-corrected chi connectivity index (χ1v) is 10.9. The van der Waals surface area contributed by atoms with Gasteiger partial charge < -0.3 is 15.0 Å². The van der Waals surface area contributed by atoms with E-state index < -0.39 is 0 Å². The first-order valence-electron chi connectivity index (χ1n) is 10.1. The molecule has 0 spiro atoms. The van der Waals surface area contributed by atoms with Crippen molar-refractivity contribution in [3.8, 4) is 0 Å². The van der Waals surface area contributed by atoms with Gasteiger partial charge in [-0.05, 0) is 43.7 Å². The molecule has 1 fully saturated rings. The van der Waals surface area contributed by atoms with E-state index in [1.54, 1.807) is 11.3 Å². The highest BCUT2D eigenvalue weighted by Gasteiger charge is 2.16. The summed E-state index contributed by atoms with van der Waals surface area (Å²) in [5, 5.41) is 3.89. The molecular formula is C23H25N3O3S. The van der Waals surface area contributed by atoms with Crippen LogP contribution < -0.4 is 10.2 Å². The Hall–Kier alpha value is -2.77. The van der Waals surface area contributed by atoms with Gasteiger partial charge in [0, 0.05) is 37.2 Å². The van der Waals surface area contributed by atoms with Gasteiger partial charge in [-0.15, -0.1) is 0 Å². The number of aryl methyl sites for hydroxylation is 2. The molecule has 0 unspecified atom stereocenters. The van der Waals surface area contributed by atoms with Gasteiger partial charge >= 0.3 is 0 Å². The Bertz CT molecular complexity index is 1090. The smallest absolute Gasteiger partial charge is 0.224 e. The summed E-state index contributed by atoms with van der Waals surface area (Å²) in [7, 11) is 0. The van der Waals surface area contributed by atoms with Crippen LogP contribution in [-0.4, -0.2) is 43.0 Å². The Labute approximate surface area is 179 Å². The lowest BCUT2D eigenvalue weighted by atomic mass is 9.99. The Morgan fingerprint density at radius 1 is 1.10 bits per heavy atom. The lowest BCUT2D eigenvalue weighted by Gasteiger charge is -2.25. The molecule has 2 heterocycles. The van der Waals surface area contributed by atoms with Crippen LogP contribution in [0.4, 0.5) is 10.8 Å². The fourth-order valence-electron chi connectivity index (χ4n) is 3.50. The van der Waals surface area contributed by atoms with Gasteiger partial charge in [-0.2, -0.15) is 0 Å². The molecule has 156 valence electrons. The minimum absolute atomic E-state index is 0.000545. The number of nitrogens with zero attached hydrogens (tertiary/aromatic N) is 2. The normalized spacial score (nSPS) is 14.1. The van der Waals surface area contributed by atoms with Gasteiger partial charge in [0.1, 0.15) is 0 Å². The predicted molar refractivity (Wildman–Crippen MR) is 121 cm³/mol. The number of morpholine rings is 1. The highest BCUT2D eigenvalue weighted by Crippen LogP contribution is 2.31. The summed E-state index contributed by atoms with van der Waals surface area (Å²) < 4.78 is 6.43. The van der Waals surface area contributed by atoms with Crippen molar-refractivity contribution in [3.05, 3.63) is 53.1 Å². The maximum atomic E-state index is 12.5. The SMILES string of the molecule is Cc1ccc(C)c(C(=O)CCC(=O)Nc2ccc3nc(N4CCOCC4)sc3c2)c1. The van der Waals surface area contributed by atoms with Crippen LogP contribution in [0.2, 0.25) is 0 Å². The van der Waals surface area contributed by atoms with Crippen molar-refractivity contribution in [1.29, 1.82) is 0 Å². The molecule has 3 aromatic rings. The van der Waals surface area contributed by atoms with Crippen molar-refractivity contribution in [3.63, 3.8) is 0 Å². The van der Waals surface area contributed by atoms with E-state index in [2.05, 4.69) is 10.2 Å². The number of benzene rings is 2. The number of ketones is 1. The van der Waals surface area contributed by atoms with Crippen molar-refractivity contribution in [2.75, 3.05) is 36.5 Å². The molecule has 1 aliphatic heterocycles. The molecular weight excluding hydrogens is 398 g/mol. The second-order valence-electron chi connectivity index (χ2n) is 7.57. The molecule has 1 amide bonds. The van der Waals surface area contributed by atoms with E-state index in [4.69, 9.17) is 9.72 Å². The van der Waals surface area contributed by atoms with Crippen molar-refractivity contribution >= 4 is 44.1 Å². The highest BCUT2D eigenvalue weighted by atomic mass is 32.1. The van der Waals surface area contributed by atoms with Crippen molar-refractivity contribution in [2.45, 2.75) is 26.7 Å². The van der Waals surface area contributed by atoms with E-state index in [0.717, 1.165) is 58.5 Å². The fraction of sp³-hybridized carbons (Fsp3) is 0.348. The number of ether oxygens (including phenoxy) is 1. The number of fused-ring (bicyclic) bond motifs is 1. The lowest BCUT2D eigenvalue weighted by Crippen LogP contribution is -2.36. The Balaban J connectivity index is 1.38. The van der Waals surface area contributed by atoms with E-state index in [1.165, 1.54) is 0 Å². The highest BCUT2D eigenvalue weighted by molar-refractivity contribution is 7.22. The zero-order valence-electron chi connectivity index (χ0n) is 17.2. The molecule has 30 heavy (non-hydrogen) atoms. The number of aromatic nitrogens is 1. The van der Waals surface area contributed by atoms with Crippen LogP contribution in [0.5, 0.6) is 0 Å². The quantitative estimate of drug-likeness (QED) is 0.597. The van der Waals surface area contributed by atoms with Gasteiger partial charge in [-0.3, -0.25) is 9.59 Å². The van der Waals surface area contributed by atoms with E-state index >= 15 is 0 Å². The van der Waals surface area contributed by atoms with Crippen LogP contribution in [0, 0.1) is 13.8 Å². The number of rotatable bonds is 6. The average Bonchev–Trinajstić information content (AvgIpc) is 3.18. The number of anilines is 2. The first-order chi connectivity index (χ1) is 14.5. The number of amides is 1. The zero-order chi connectivity index (χ0) is 21.1. The van der Waals surface area contributed by atoms with E-state index in [-0.39, 0.29) is 24.5 Å². The Kier molecular flexibility index (Phi) is 6.11. The summed E-state index contributed by atoms with van der Waals surface area (Å²) in [6.45, 7) is 7.01. The number of Topliss-reactive ketones (excluding diaryl/α,β-unsaturated/α-hetero) is 1. The molecule has 7 heteroatoms. The number of hydrogen-bond acceptors (Lipinski definition) is 6. The molecule has 6 nitrogen and oxygen atoms in total. The molecule has 0 saturated carbocycles. The number of hydrogen-bond donors (Lipinski definition) is 1. The van der Waals surface area contributed by atoms with Crippen LogP contribution in [-0.2, 0) is 9.53 Å². The maximum absolute atomic E-state index is 12.5. The van der Waals surface area contributed by atoms with Crippen molar-refractivity contribution < 1.29 is 14.3 Å². The third kappa shape index (κ3) is 4.68. The molecule has 1 saturated heterocycles. The molecule has 1 N–H and O–H groups in total. The van der Waals surface area contributed by atoms with Gasteiger partial charge in [0.05, 0.1) is 23.4 Å². The van der Waals surface area contributed by atoms with Crippen LogP contribution in [0.1, 0.15) is 34.3 Å². The van der Waals surface area contributed by atoms with E-state index in [1.807, 2.05) is 50.2 Å². The zero-order valence-corrected chi connectivity index (χ0v) is 18.1. The molecule has 1 aliphatic rings. The number of carbonyl (C=O) groups is 2. The summed E-state index contributed by atoms with van der Waals surface area (Å²) in [4.78, 5) is 31.8. The standard InChI is InChI=1S/C23H25N3O3S/c1-15-3-4-16(2)18(13-15)20(27)7-8-22(28)24-17-5-6-19-21(14-17)30-23(25-19)26-9-11-29-12-10-26/h3-6,13-14H,7-12H2,1-2H3,(H,24,28). The van der Waals surface area contributed by atoms with Gasteiger partial charge in [0.15, 0.2) is 10.9 Å². The van der Waals surface area contributed by atoms with Gasteiger partial charge in [0.25, 0.3) is 0 Å².